The molecule has 4 saturated carbocycles. The molecule has 5 atom stereocenters. The molecule has 0 aromatic heterocycles. The highest BCUT2D eigenvalue weighted by atomic mass is 19.2. The fourth-order valence-electron chi connectivity index (χ4n) is 7.70. The smallest absolute Gasteiger partial charge is 0.162 e. The molecule has 0 bridgehead atoms. The van der Waals surface area contributed by atoms with Crippen LogP contribution in [0, 0.1) is 41.4 Å². The van der Waals surface area contributed by atoms with Gasteiger partial charge < -0.3 is 0 Å². The average Bonchev–Trinajstić information content (AvgIpc) is 2.77. The summed E-state index contributed by atoms with van der Waals surface area (Å²) in [4.78, 5) is 0. The second-order valence-electron chi connectivity index (χ2n) is 11.9. The van der Waals surface area contributed by atoms with Crippen molar-refractivity contribution in [3.05, 3.63) is 0 Å². The Kier molecular flexibility index (Phi) is 8.29. The maximum Gasteiger partial charge on any atom is 0.162 e. The van der Waals surface area contributed by atoms with E-state index in [0.717, 1.165) is 42.9 Å². The predicted octanol–water partition coefficient (Wildman–Crippen LogP) is 8.58. The van der Waals surface area contributed by atoms with Crippen molar-refractivity contribution in [1.29, 1.82) is 0 Å². The fourth-order valence-corrected chi connectivity index (χ4v) is 7.70. The molecular formula is C27H44F4. The molecule has 0 aromatic carbocycles. The monoisotopic (exact) mass is 444 g/mol. The second-order valence-corrected chi connectivity index (χ2v) is 11.9. The van der Waals surface area contributed by atoms with Gasteiger partial charge in [0.15, 0.2) is 6.17 Å². The van der Waals surface area contributed by atoms with E-state index >= 15 is 0 Å². The van der Waals surface area contributed by atoms with Crippen LogP contribution in [0.15, 0.2) is 0 Å². The summed E-state index contributed by atoms with van der Waals surface area (Å²) in [5.74, 6) is 3.49. The van der Waals surface area contributed by atoms with Gasteiger partial charge in [0.2, 0.25) is 0 Å². The fraction of sp³-hybridized carbons (Fsp3) is 1.00. The van der Waals surface area contributed by atoms with E-state index in [1.807, 2.05) is 0 Å². The lowest BCUT2D eigenvalue weighted by atomic mass is 9.67. The van der Waals surface area contributed by atoms with E-state index < -0.39 is 24.7 Å². The van der Waals surface area contributed by atoms with E-state index in [4.69, 9.17) is 0 Å². The highest BCUT2D eigenvalue weighted by molar-refractivity contribution is 4.93. The zero-order valence-corrected chi connectivity index (χ0v) is 19.5. The van der Waals surface area contributed by atoms with Gasteiger partial charge in [-0.3, -0.25) is 0 Å². The minimum absolute atomic E-state index is 0.000483. The van der Waals surface area contributed by atoms with Crippen molar-refractivity contribution < 1.29 is 17.6 Å². The molecule has 4 rings (SSSR count). The summed E-state index contributed by atoms with van der Waals surface area (Å²) >= 11 is 0. The molecule has 4 heteroatoms. The molecular weight excluding hydrogens is 400 g/mol. The molecule has 0 radical (unpaired) electrons. The number of halogens is 4. The summed E-state index contributed by atoms with van der Waals surface area (Å²) in [6, 6.07) is 0. The van der Waals surface area contributed by atoms with Gasteiger partial charge in [-0.1, -0.05) is 45.4 Å². The minimum atomic E-state index is -2.01. The summed E-state index contributed by atoms with van der Waals surface area (Å²) in [6.07, 6.45) is 9.31. The van der Waals surface area contributed by atoms with Crippen molar-refractivity contribution in [2.24, 2.45) is 41.4 Å². The first-order valence-electron chi connectivity index (χ1n) is 13.5. The quantitative estimate of drug-likeness (QED) is 0.372. The van der Waals surface area contributed by atoms with Crippen LogP contribution in [-0.2, 0) is 0 Å². The Balaban J connectivity index is 1.15. The SMILES string of the molecule is CC1CCC(C2CCC(CCC3CCC(C4CC(F)C(F)C(F)C4)C(F)C3)CC2)CC1. The molecule has 0 nitrogen and oxygen atoms in total. The summed E-state index contributed by atoms with van der Waals surface area (Å²) in [6.45, 7) is 2.40. The normalized spacial score (nSPS) is 49.6. The molecule has 180 valence electrons. The summed E-state index contributed by atoms with van der Waals surface area (Å²) < 4.78 is 56.0. The molecule has 5 unspecified atom stereocenters. The summed E-state index contributed by atoms with van der Waals surface area (Å²) in [5.41, 5.74) is 0. The summed E-state index contributed by atoms with van der Waals surface area (Å²) in [5, 5.41) is 0. The van der Waals surface area contributed by atoms with Gasteiger partial charge >= 0.3 is 0 Å². The van der Waals surface area contributed by atoms with E-state index in [0.29, 0.717) is 12.3 Å². The Morgan fingerprint density at radius 2 is 1.03 bits per heavy atom. The van der Waals surface area contributed by atoms with Gasteiger partial charge in [0.05, 0.1) is 0 Å². The molecule has 0 aliphatic heterocycles. The zero-order chi connectivity index (χ0) is 22.0. The van der Waals surface area contributed by atoms with Crippen molar-refractivity contribution in [2.45, 2.75) is 128 Å². The Morgan fingerprint density at radius 3 is 1.61 bits per heavy atom. The van der Waals surface area contributed by atoms with Gasteiger partial charge in [-0.05, 0) is 99.2 Å². The number of hydrogen-bond donors (Lipinski definition) is 0. The van der Waals surface area contributed by atoms with Gasteiger partial charge in [-0.2, -0.15) is 0 Å². The zero-order valence-electron chi connectivity index (χ0n) is 19.5. The first-order valence-corrected chi connectivity index (χ1v) is 13.5. The highest BCUT2D eigenvalue weighted by Gasteiger charge is 2.45. The van der Waals surface area contributed by atoms with Crippen LogP contribution in [0.2, 0.25) is 0 Å². The van der Waals surface area contributed by atoms with Gasteiger partial charge in [0, 0.05) is 0 Å². The molecule has 0 aromatic rings. The van der Waals surface area contributed by atoms with E-state index in [1.165, 1.54) is 57.8 Å². The molecule has 0 saturated heterocycles. The Labute approximate surface area is 187 Å². The van der Waals surface area contributed by atoms with E-state index in [2.05, 4.69) is 6.92 Å². The molecule has 0 spiro atoms. The lowest BCUT2D eigenvalue weighted by molar-refractivity contribution is -0.0239. The van der Waals surface area contributed by atoms with E-state index in [-0.39, 0.29) is 24.7 Å². The van der Waals surface area contributed by atoms with Crippen LogP contribution >= 0.6 is 0 Å². The van der Waals surface area contributed by atoms with Crippen molar-refractivity contribution in [3.63, 3.8) is 0 Å². The topological polar surface area (TPSA) is 0 Å². The second kappa shape index (κ2) is 10.8. The number of alkyl halides is 4. The third-order valence-corrected chi connectivity index (χ3v) is 9.89. The van der Waals surface area contributed by atoms with Crippen LogP contribution < -0.4 is 0 Å². The van der Waals surface area contributed by atoms with Crippen LogP contribution in [0.1, 0.15) is 103 Å². The van der Waals surface area contributed by atoms with Crippen LogP contribution in [0.25, 0.3) is 0 Å². The van der Waals surface area contributed by atoms with E-state index in [1.54, 1.807) is 0 Å². The van der Waals surface area contributed by atoms with Crippen molar-refractivity contribution in [2.75, 3.05) is 0 Å². The van der Waals surface area contributed by atoms with Gasteiger partial charge in [0.25, 0.3) is 0 Å². The van der Waals surface area contributed by atoms with E-state index in [9.17, 15) is 17.6 Å². The lowest BCUT2D eigenvalue weighted by Crippen LogP contribution is -2.43. The average molecular weight is 445 g/mol. The first-order chi connectivity index (χ1) is 14.9. The van der Waals surface area contributed by atoms with Crippen LogP contribution in [0.3, 0.4) is 0 Å². The van der Waals surface area contributed by atoms with Gasteiger partial charge in [-0.15, -0.1) is 0 Å². The van der Waals surface area contributed by atoms with Crippen LogP contribution in [0.5, 0.6) is 0 Å². The van der Waals surface area contributed by atoms with Crippen molar-refractivity contribution in [3.8, 4) is 0 Å². The lowest BCUT2D eigenvalue weighted by Gasteiger charge is -2.41. The maximum absolute atomic E-state index is 14.9. The largest absolute Gasteiger partial charge is 0.247 e. The maximum atomic E-state index is 14.9. The highest BCUT2D eigenvalue weighted by Crippen LogP contribution is 2.46. The van der Waals surface area contributed by atoms with Gasteiger partial charge in [-0.25, -0.2) is 17.6 Å². The Hall–Kier alpha value is -0.280. The predicted molar refractivity (Wildman–Crippen MR) is 119 cm³/mol. The number of hydrogen-bond acceptors (Lipinski definition) is 0. The third kappa shape index (κ3) is 5.99. The molecule has 0 heterocycles. The molecule has 4 aliphatic rings. The van der Waals surface area contributed by atoms with Crippen molar-refractivity contribution in [1.82, 2.24) is 0 Å². The summed E-state index contributed by atoms with van der Waals surface area (Å²) in [7, 11) is 0. The van der Waals surface area contributed by atoms with Crippen LogP contribution in [-0.4, -0.2) is 24.7 Å². The third-order valence-electron chi connectivity index (χ3n) is 9.89. The molecule has 4 fully saturated rings. The van der Waals surface area contributed by atoms with Gasteiger partial charge in [0.1, 0.15) is 18.5 Å². The number of rotatable bonds is 5. The Morgan fingerprint density at radius 1 is 0.516 bits per heavy atom. The van der Waals surface area contributed by atoms with Crippen LogP contribution in [0.4, 0.5) is 17.6 Å². The minimum Gasteiger partial charge on any atom is -0.247 e. The molecule has 0 amide bonds. The first kappa shape index (κ1) is 23.9. The molecule has 0 N–H and O–H groups in total. The molecule has 4 aliphatic carbocycles. The Bertz CT molecular complexity index is 525. The molecule has 31 heavy (non-hydrogen) atoms. The van der Waals surface area contributed by atoms with Crippen molar-refractivity contribution >= 4 is 0 Å². The standard InChI is InChI=1S/C27H44F4/c1-17-2-9-20(10-3-17)21-11-6-18(7-12-21)4-5-19-8-13-23(24(28)14-19)22-15-25(29)27(31)26(30)16-22/h17-27H,2-16H2,1H3.